The maximum absolute atomic E-state index is 6.21. The molecule has 0 radical (unpaired) electrons. The number of nitrogens with two attached hydrogens (primary N) is 2. The van der Waals surface area contributed by atoms with Gasteiger partial charge in [0.1, 0.15) is 12.1 Å². The number of nitrogens with zero attached hydrogens (tertiary/aromatic N) is 3. The lowest BCUT2D eigenvalue weighted by molar-refractivity contribution is 0.387. The molecule has 7 nitrogen and oxygen atoms in total. The zero-order valence-electron chi connectivity index (χ0n) is 14.2. The van der Waals surface area contributed by atoms with Crippen molar-refractivity contribution in [2.45, 2.75) is 20.8 Å². The van der Waals surface area contributed by atoms with Gasteiger partial charge < -0.3 is 20.2 Å². The number of hydrazine groups is 1. The molecular formula is C16H22BrN5O2. The second-order valence-corrected chi connectivity index (χ2v) is 7.29. The normalized spacial score (nSPS) is 11.2. The van der Waals surface area contributed by atoms with Crippen LogP contribution in [0.1, 0.15) is 20.8 Å². The van der Waals surface area contributed by atoms with Crippen LogP contribution in [0.4, 0.5) is 11.4 Å². The Labute approximate surface area is 150 Å². The number of benzene rings is 1. The molecule has 0 unspecified atom stereocenters. The number of halogens is 1. The number of methoxy groups -OCH3 is 1. The van der Waals surface area contributed by atoms with Gasteiger partial charge in [-0.05, 0) is 33.5 Å². The molecule has 0 aliphatic rings. The minimum atomic E-state index is 0.0420. The summed E-state index contributed by atoms with van der Waals surface area (Å²) in [6, 6.07) is 5.19. The summed E-state index contributed by atoms with van der Waals surface area (Å²) in [7, 11) is 1.53. The Bertz CT molecular complexity index is 718. The van der Waals surface area contributed by atoms with E-state index in [0.29, 0.717) is 34.2 Å². The maximum atomic E-state index is 6.21. The average molecular weight is 396 g/mol. The third kappa shape index (κ3) is 4.48. The molecule has 0 saturated heterocycles. The molecule has 1 aromatic carbocycles. The molecule has 0 saturated carbocycles. The molecule has 0 spiro atoms. The summed E-state index contributed by atoms with van der Waals surface area (Å²) in [5.74, 6) is 7.45. The van der Waals surface area contributed by atoms with Crippen molar-refractivity contribution in [3.05, 3.63) is 29.0 Å². The molecule has 2 aromatic rings. The van der Waals surface area contributed by atoms with Crippen LogP contribution in [0.2, 0.25) is 0 Å². The fraction of sp³-hybridized carbons (Fsp3) is 0.375. The van der Waals surface area contributed by atoms with E-state index in [-0.39, 0.29) is 5.41 Å². The monoisotopic (exact) mass is 395 g/mol. The molecule has 0 aliphatic carbocycles. The standard InChI is InChI=1S/C16H22BrN5O2/c1-16(2,3)8-22(19)10-5-6-11(14(17)15(10)18)24-13-7-12(23-4)20-9-21-13/h5-7,9H,8,18-19H2,1-4H3. The second kappa shape index (κ2) is 7.23. The van der Waals surface area contributed by atoms with E-state index in [0.717, 1.165) is 5.69 Å². The summed E-state index contributed by atoms with van der Waals surface area (Å²) in [6.07, 6.45) is 1.37. The highest BCUT2D eigenvalue weighted by Crippen LogP contribution is 2.39. The number of nitrogen functional groups attached to an aromatic ring is 1. The molecule has 1 heterocycles. The van der Waals surface area contributed by atoms with Crippen molar-refractivity contribution in [3.8, 4) is 17.5 Å². The predicted molar refractivity (Wildman–Crippen MR) is 98.2 cm³/mol. The van der Waals surface area contributed by atoms with Crippen LogP contribution in [0.25, 0.3) is 0 Å². The highest BCUT2D eigenvalue weighted by molar-refractivity contribution is 9.10. The zero-order chi connectivity index (χ0) is 17.9. The van der Waals surface area contributed by atoms with Crippen molar-refractivity contribution in [3.63, 3.8) is 0 Å². The lowest BCUT2D eigenvalue weighted by Gasteiger charge is -2.29. The Balaban J connectivity index is 2.26. The van der Waals surface area contributed by atoms with E-state index in [2.05, 4.69) is 46.7 Å². The van der Waals surface area contributed by atoms with E-state index in [4.69, 9.17) is 21.1 Å². The van der Waals surface area contributed by atoms with Crippen molar-refractivity contribution >= 4 is 27.3 Å². The van der Waals surface area contributed by atoms with Gasteiger partial charge in [-0.3, -0.25) is 0 Å². The van der Waals surface area contributed by atoms with Crippen LogP contribution in [0.5, 0.6) is 17.5 Å². The van der Waals surface area contributed by atoms with Gasteiger partial charge in [0.05, 0.1) is 29.0 Å². The number of aromatic nitrogens is 2. The van der Waals surface area contributed by atoms with Crippen molar-refractivity contribution in [1.29, 1.82) is 0 Å². The molecule has 0 aliphatic heterocycles. The van der Waals surface area contributed by atoms with E-state index in [9.17, 15) is 0 Å². The molecule has 2 rings (SSSR count). The molecule has 1 aromatic heterocycles. The fourth-order valence-electron chi connectivity index (χ4n) is 2.09. The predicted octanol–water partition coefficient (Wildman–Crippen LogP) is 3.35. The van der Waals surface area contributed by atoms with Gasteiger partial charge in [-0.25, -0.2) is 15.8 Å². The van der Waals surface area contributed by atoms with E-state index >= 15 is 0 Å². The van der Waals surface area contributed by atoms with Crippen molar-refractivity contribution < 1.29 is 9.47 Å². The molecule has 0 atom stereocenters. The molecule has 0 bridgehead atoms. The summed E-state index contributed by atoms with van der Waals surface area (Å²) in [6.45, 7) is 6.99. The Morgan fingerprint density at radius 2 is 1.88 bits per heavy atom. The molecule has 130 valence electrons. The Hall–Kier alpha value is -2.06. The number of rotatable bonds is 5. The van der Waals surface area contributed by atoms with Crippen LogP contribution >= 0.6 is 15.9 Å². The molecule has 24 heavy (non-hydrogen) atoms. The minimum Gasteiger partial charge on any atom is -0.481 e. The third-order valence-electron chi connectivity index (χ3n) is 3.12. The highest BCUT2D eigenvalue weighted by atomic mass is 79.9. The SMILES string of the molecule is COc1cc(Oc2ccc(N(N)CC(C)(C)C)c(N)c2Br)ncn1. The van der Waals surface area contributed by atoms with Gasteiger partial charge in [0, 0.05) is 6.54 Å². The number of hydrogen-bond donors (Lipinski definition) is 2. The maximum Gasteiger partial charge on any atom is 0.226 e. The van der Waals surface area contributed by atoms with Gasteiger partial charge in [0.15, 0.2) is 0 Å². The topological polar surface area (TPSA) is 99.5 Å². The third-order valence-corrected chi connectivity index (χ3v) is 3.93. The number of ether oxygens (including phenoxy) is 2. The summed E-state index contributed by atoms with van der Waals surface area (Å²) in [5.41, 5.74) is 7.48. The summed E-state index contributed by atoms with van der Waals surface area (Å²) in [4.78, 5) is 7.99. The quantitative estimate of drug-likeness (QED) is 0.454. The lowest BCUT2D eigenvalue weighted by atomic mass is 9.96. The van der Waals surface area contributed by atoms with E-state index < -0.39 is 0 Å². The molecule has 0 amide bonds. The molecule has 4 N–H and O–H groups in total. The minimum absolute atomic E-state index is 0.0420. The van der Waals surface area contributed by atoms with E-state index in [1.165, 1.54) is 13.4 Å². The van der Waals surface area contributed by atoms with Gasteiger partial charge >= 0.3 is 0 Å². The zero-order valence-corrected chi connectivity index (χ0v) is 15.8. The second-order valence-electron chi connectivity index (χ2n) is 6.50. The van der Waals surface area contributed by atoms with E-state index in [1.54, 1.807) is 17.1 Å². The van der Waals surface area contributed by atoms with Crippen molar-refractivity contribution in [1.82, 2.24) is 9.97 Å². The van der Waals surface area contributed by atoms with E-state index in [1.807, 2.05) is 6.07 Å². The highest BCUT2D eigenvalue weighted by Gasteiger charge is 2.19. The Morgan fingerprint density at radius 1 is 1.21 bits per heavy atom. The first-order chi connectivity index (χ1) is 11.2. The molecule has 8 heteroatoms. The molecule has 0 fully saturated rings. The fourth-order valence-corrected chi connectivity index (χ4v) is 2.51. The number of anilines is 2. The summed E-state index contributed by atoms with van der Waals surface area (Å²) >= 11 is 3.47. The number of hydrogen-bond acceptors (Lipinski definition) is 7. The first-order valence-electron chi connectivity index (χ1n) is 7.35. The van der Waals surface area contributed by atoms with Crippen LogP contribution in [0.15, 0.2) is 29.0 Å². The van der Waals surface area contributed by atoms with Crippen molar-refractivity contribution in [2.24, 2.45) is 11.3 Å². The van der Waals surface area contributed by atoms with Gasteiger partial charge in [0.25, 0.3) is 0 Å². The Morgan fingerprint density at radius 3 is 2.50 bits per heavy atom. The first-order valence-corrected chi connectivity index (χ1v) is 8.14. The van der Waals surface area contributed by atoms with Crippen LogP contribution in [0.3, 0.4) is 0 Å². The summed E-state index contributed by atoms with van der Waals surface area (Å²) < 4.78 is 11.4. The van der Waals surface area contributed by atoms with Gasteiger partial charge in [0.2, 0.25) is 11.8 Å². The van der Waals surface area contributed by atoms with Crippen LogP contribution in [-0.2, 0) is 0 Å². The molecular weight excluding hydrogens is 374 g/mol. The average Bonchev–Trinajstić information content (AvgIpc) is 2.50. The lowest BCUT2D eigenvalue weighted by Crippen LogP contribution is -2.38. The summed E-state index contributed by atoms with van der Waals surface area (Å²) in [5, 5.41) is 1.64. The van der Waals surface area contributed by atoms with Gasteiger partial charge in [-0.1, -0.05) is 20.8 Å². The van der Waals surface area contributed by atoms with Gasteiger partial charge in [-0.15, -0.1) is 0 Å². The Kier molecular flexibility index (Phi) is 5.51. The smallest absolute Gasteiger partial charge is 0.226 e. The van der Waals surface area contributed by atoms with Crippen LogP contribution in [-0.4, -0.2) is 23.6 Å². The van der Waals surface area contributed by atoms with Crippen molar-refractivity contribution in [2.75, 3.05) is 24.4 Å². The van der Waals surface area contributed by atoms with Crippen LogP contribution in [0, 0.1) is 5.41 Å². The first kappa shape index (κ1) is 18.3. The van der Waals surface area contributed by atoms with Gasteiger partial charge in [-0.2, -0.15) is 0 Å². The largest absolute Gasteiger partial charge is 0.481 e. The van der Waals surface area contributed by atoms with Crippen LogP contribution < -0.4 is 26.1 Å².